The fourth-order valence-corrected chi connectivity index (χ4v) is 3.90. The van der Waals surface area contributed by atoms with E-state index in [9.17, 15) is 9.59 Å². The van der Waals surface area contributed by atoms with E-state index in [0.29, 0.717) is 19.1 Å². The molecule has 0 radical (unpaired) electrons. The fourth-order valence-electron chi connectivity index (χ4n) is 3.90. The molecule has 0 saturated carbocycles. The number of carbonyl (C=O) groups is 2. The molecule has 0 bridgehead atoms. The second-order valence-corrected chi connectivity index (χ2v) is 7.52. The van der Waals surface area contributed by atoms with Crippen LogP contribution in [0.1, 0.15) is 30.1 Å². The van der Waals surface area contributed by atoms with E-state index in [1.165, 1.54) is 6.20 Å². The Morgan fingerprint density at radius 2 is 1.93 bits per heavy atom. The number of hydrogen-bond acceptors (Lipinski definition) is 7. The summed E-state index contributed by atoms with van der Waals surface area (Å²) in [4.78, 5) is 33.7. The van der Waals surface area contributed by atoms with Crippen molar-refractivity contribution in [3.05, 3.63) is 23.9 Å². The molecule has 3 heterocycles. The van der Waals surface area contributed by atoms with E-state index in [4.69, 9.17) is 9.84 Å². The summed E-state index contributed by atoms with van der Waals surface area (Å²) in [5.41, 5.74) is 0.224. The number of carbonyl (C=O) groups excluding carboxylic acids is 1. The fraction of sp³-hybridized carbons (Fsp3) is 0.650. The van der Waals surface area contributed by atoms with Crippen LogP contribution in [0, 0.1) is 5.92 Å². The van der Waals surface area contributed by atoms with Gasteiger partial charge in [-0.05, 0) is 44.4 Å². The first-order chi connectivity index (χ1) is 13.5. The zero-order chi connectivity index (χ0) is 19.9. The highest BCUT2D eigenvalue weighted by atomic mass is 16.5. The number of aromatic nitrogens is 1. The van der Waals surface area contributed by atoms with Crippen molar-refractivity contribution < 1.29 is 19.4 Å². The summed E-state index contributed by atoms with van der Waals surface area (Å²) in [7, 11) is 0. The standard InChI is InChI=1S/C20H30N4O4/c1-2-28-19(25)15-23-11-9-22(10-12-23)7-5-16-6-8-24(14-16)18-4-3-17(13-21-18)20(26)27/h3-4,13,16H,2,5-12,14-15H2,1H3,(H,26,27). The van der Waals surface area contributed by atoms with Crippen molar-refractivity contribution in [2.75, 3.05) is 63.9 Å². The van der Waals surface area contributed by atoms with Crippen LogP contribution in [0.2, 0.25) is 0 Å². The molecule has 1 aromatic rings. The monoisotopic (exact) mass is 390 g/mol. The number of pyridine rings is 1. The SMILES string of the molecule is CCOC(=O)CN1CCN(CCC2CCN(c3ccc(C(=O)O)cn3)C2)CC1. The first kappa shape index (κ1) is 20.5. The van der Waals surface area contributed by atoms with Gasteiger partial charge in [-0.25, -0.2) is 9.78 Å². The molecule has 8 heteroatoms. The number of carboxylic acids is 1. The molecule has 1 N–H and O–H groups in total. The third kappa shape index (κ3) is 5.65. The average Bonchev–Trinajstić information content (AvgIpc) is 3.17. The number of piperazine rings is 1. The molecule has 154 valence electrons. The number of nitrogens with zero attached hydrogens (tertiary/aromatic N) is 4. The number of hydrogen-bond donors (Lipinski definition) is 1. The van der Waals surface area contributed by atoms with Crippen LogP contribution >= 0.6 is 0 Å². The molecule has 0 aromatic carbocycles. The predicted molar refractivity (Wildman–Crippen MR) is 106 cm³/mol. The largest absolute Gasteiger partial charge is 0.478 e. The lowest BCUT2D eigenvalue weighted by Crippen LogP contribution is -2.48. The topological polar surface area (TPSA) is 86.2 Å². The van der Waals surface area contributed by atoms with Gasteiger partial charge in [-0.15, -0.1) is 0 Å². The Morgan fingerprint density at radius 3 is 2.57 bits per heavy atom. The van der Waals surface area contributed by atoms with Gasteiger partial charge in [0.15, 0.2) is 0 Å². The van der Waals surface area contributed by atoms with Gasteiger partial charge in [0.25, 0.3) is 0 Å². The smallest absolute Gasteiger partial charge is 0.337 e. The van der Waals surface area contributed by atoms with Gasteiger partial charge in [-0.1, -0.05) is 0 Å². The molecule has 1 aromatic heterocycles. The van der Waals surface area contributed by atoms with Crippen LogP contribution < -0.4 is 4.90 Å². The maximum absolute atomic E-state index is 11.6. The minimum Gasteiger partial charge on any atom is -0.478 e. The first-order valence-electron chi connectivity index (χ1n) is 10.1. The van der Waals surface area contributed by atoms with E-state index in [1.807, 2.05) is 6.92 Å². The lowest BCUT2D eigenvalue weighted by Gasteiger charge is -2.34. The van der Waals surface area contributed by atoms with Crippen molar-refractivity contribution in [1.82, 2.24) is 14.8 Å². The molecule has 3 rings (SSSR count). The van der Waals surface area contributed by atoms with Gasteiger partial charge in [0.1, 0.15) is 5.82 Å². The Hall–Kier alpha value is -2.19. The van der Waals surface area contributed by atoms with E-state index in [-0.39, 0.29) is 11.5 Å². The van der Waals surface area contributed by atoms with Crippen LogP contribution in [0.5, 0.6) is 0 Å². The van der Waals surface area contributed by atoms with E-state index in [2.05, 4.69) is 19.7 Å². The zero-order valence-electron chi connectivity index (χ0n) is 16.5. The summed E-state index contributed by atoms with van der Waals surface area (Å²) >= 11 is 0. The van der Waals surface area contributed by atoms with Crippen molar-refractivity contribution in [3.63, 3.8) is 0 Å². The lowest BCUT2D eigenvalue weighted by atomic mass is 10.0. The zero-order valence-corrected chi connectivity index (χ0v) is 16.5. The molecule has 0 amide bonds. The first-order valence-corrected chi connectivity index (χ1v) is 10.1. The van der Waals surface area contributed by atoms with Crippen LogP contribution in [-0.2, 0) is 9.53 Å². The van der Waals surface area contributed by atoms with Crippen LogP contribution in [0.3, 0.4) is 0 Å². The normalized spacial score (nSPS) is 21.0. The molecule has 0 spiro atoms. The highest BCUT2D eigenvalue weighted by molar-refractivity contribution is 5.87. The summed E-state index contributed by atoms with van der Waals surface area (Å²) in [5, 5.41) is 8.98. The molecule has 2 aliphatic rings. The summed E-state index contributed by atoms with van der Waals surface area (Å²) in [6.07, 6.45) is 3.73. The third-order valence-corrected chi connectivity index (χ3v) is 5.58. The van der Waals surface area contributed by atoms with Crippen molar-refractivity contribution in [3.8, 4) is 0 Å². The quantitative estimate of drug-likeness (QED) is 0.662. The Balaban J connectivity index is 1.36. The molecule has 2 fully saturated rings. The predicted octanol–water partition coefficient (Wildman–Crippen LogP) is 1.18. The molecule has 2 aliphatic heterocycles. The molecular weight excluding hydrogens is 360 g/mol. The van der Waals surface area contributed by atoms with Crippen molar-refractivity contribution in [1.29, 1.82) is 0 Å². The number of rotatable bonds is 8. The Labute approximate surface area is 166 Å². The van der Waals surface area contributed by atoms with E-state index >= 15 is 0 Å². The Bertz CT molecular complexity index is 659. The number of ether oxygens (including phenoxy) is 1. The Morgan fingerprint density at radius 1 is 1.18 bits per heavy atom. The highest BCUT2D eigenvalue weighted by Crippen LogP contribution is 2.24. The van der Waals surface area contributed by atoms with E-state index in [1.54, 1.807) is 12.1 Å². The maximum Gasteiger partial charge on any atom is 0.337 e. The van der Waals surface area contributed by atoms with Gasteiger partial charge in [-0.3, -0.25) is 9.69 Å². The van der Waals surface area contributed by atoms with Crippen LogP contribution in [0.25, 0.3) is 0 Å². The van der Waals surface area contributed by atoms with Gasteiger partial charge in [0.05, 0.1) is 18.7 Å². The minimum absolute atomic E-state index is 0.132. The van der Waals surface area contributed by atoms with Gasteiger partial charge >= 0.3 is 11.9 Å². The number of aromatic carboxylic acids is 1. The molecule has 0 aliphatic carbocycles. The summed E-state index contributed by atoms with van der Waals surface area (Å²) in [5.74, 6) is 0.422. The Kier molecular flexibility index (Phi) is 7.22. The van der Waals surface area contributed by atoms with Crippen molar-refractivity contribution >= 4 is 17.8 Å². The van der Waals surface area contributed by atoms with E-state index in [0.717, 1.165) is 64.5 Å². The summed E-state index contributed by atoms with van der Waals surface area (Å²) in [6, 6.07) is 3.42. The number of anilines is 1. The van der Waals surface area contributed by atoms with Crippen LogP contribution in [0.15, 0.2) is 18.3 Å². The molecule has 28 heavy (non-hydrogen) atoms. The molecule has 1 unspecified atom stereocenters. The van der Waals surface area contributed by atoms with Gasteiger partial charge in [0.2, 0.25) is 0 Å². The highest BCUT2D eigenvalue weighted by Gasteiger charge is 2.25. The summed E-state index contributed by atoms with van der Waals surface area (Å²) in [6.45, 7) is 9.51. The van der Waals surface area contributed by atoms with Crippen molar-refractivity contribution in [2.24, 2.45) is 5.92 Å². The van der Waals surface area contributed by atoms with Crippen LogP contribution in [0.4, 0.5) is 5.82 Å². The molecular formula is C20H30N4O4. The minimum atomic E-state index is -0.944. The lowest BCUT2D eigenvalue weighted by molar-refractivity contribution is -0.144. The van der Waals surface area contributed by atoms with Gasteiger partial charge in [-0.2, -0.15) is 0 Å². The molecule has 1 atom stereocenters. The maximum atomic E-state index is 11.6. The van der Waals surface area contributed by atoms with Crippen LogP contribution in [-0.4, -0.2) is 90.8 Å². The molecule has 8 nitrogen and oxygen atoms in total. The molecule has 2 saturated heterocycles. The third-order valence-electron chi connectivity index (χ3n) is 5.58. The number of esters is 1. The van der Waals surface area contributed by atoms with Crippen molar-refractivity contribution in [2.45, 2.75) is 19.8 Å². The second kappa shape index (κ2) is 9.84. The number of carboxylic acid groups (broad SMARTS) is 1. The van der Waals surface area contributed by atoms with Gasteiger partial charge < -0.3 is 19.6 Å². The second-order valence-electron chi connectivity index (χ2n) is 7.52. The summed E-state index contributed by atoms with van der Waals surface area (Å²) < 4.78 is 5.02. The average molecular weight is 390 g/mol. The van der Waals surface area contributed by atoms with E-state index < -0.39 is 5.97 Å². The van der Waals surface area contributed by atoms with Gasteiger partial charge in [0, 0.05) is 45.5 Å².